The number of aromatic nitrogens is 4. The Balaban J connectivity index is 1.38. The molecule has 2 amide bonds. The molecule has 3 unspecified atom stereocenters. The van der Waals surface area contributed by atoms with Gasteiger partial charge in [0.25, 0.3) is 0 Å². The molecule has 3 heterocycles. The molecule has 2 aromatic rings. The highest BCUT2D eigenvalue weighted by molar-refractivity contribution is 5.98. The van der Waals surface area contributed by atoms with E-state index in [4.69, 9.17) is 4.74 Å². The third kappa shape index (κ3) is 3.01. The van der Waals surface area contributed by atoms with Gasteiger partial charge in [-0.25, -0.2) is 4.79 Å². The van der Waals surface area contributed by atoms with E-state index < -0.39 is 0 Å². The third-order valence-corrected chi connectivity index (χ3v) is 4.75. The highest BCUT2D eigenvalue weighted by Gasteiger charge is 2.35. The Morgan fingerprint density at radius 2 is 2.25 bits per heavy atom. The molecule has 8 nitrogen and oxygen atoms in total. The standard InChI is InChI=1S/C16H22N6O2/c1-9-6-10(9)11-7-14(20-19-11)17-16(23)18-15-8-12(21-22(15)2)13-4-3-5-24-13/h7-10,13H,3-6H2,1-2H3,(H3,17,18,19,20,23). The fourth-order valence-electron chi connectivity index (χ4n) is 3.18. The number of amides is 2. The van der Waals surface area contributed by atoms with E-state index in [0.717, 1.165) is 30.8 Å². The maximum absolute atomic E-state index is 12.2. The van der Waals surface area contributed by atoms with E-state index in [2.05, 4.69) is 32.9 Å². The molecule has 1 aliphatic carbocycles. The Bertz CT molecular complexity index is 746. The molecule has 24 heavy (non-hydrogen) atoms. The first kappa shape index (κ1) is 15.2. The maximum atomic E-state index is 12.2. The van der Waals surface area contributed by atoms with Gasteiger partial charge < -0.3 is 4.74 Å². The zero-order chi connectivity index (χ0) is 16.7. The van der Waals surface area contributed by atoms with Crippen LogP contribution in [0, 0.1) is 5.92 Å². The largest absolute Gasteiger partial charge is 0.372 e. The van der Waals surface area contributed by atoms with Crippen LogP contribution in [0.4, 0.5) is 16.4 Å². The van der Waals surface area contributed by atoms with Crippen molar-refractivity contribution in [2.45, 2.75) is 38.2 Å². The Labute approximate surface area is 140 Å². The van der Waals surface area contributed by atoms with Gasteiger partial charge >= 0.3 is 6.03 Å². The van der Waals surface area contributed by atoms with Crippen molar-refractivity contribution >= 4 is 17.7 Å². The van der Waals surface area contributed by atoms with Crippen LogP contribution in [0.25, 0.3) is 0 Å². The van der Waals surface area contributed by atoms with E-state index in [-0.39, 0.29) is 12.1 Å². The molecule has 2 fully saturated rings. The summed E-state index contributed by atoms with van der Waals surface area (Å²) in [7, 11) is 1.80. The molecule has 128 valence electrons. The molecule has 2 aliphatic rings. The second-order valence-electron chi connectivity index (χ2n) is 6.69. The van der Waals surface area contributed by atoms with Crippen molar-refractivity contribution in [3.8, 4) is 0 Å². The van der Waals surface area contributed by atoms with E-state index in [1.807, 2.05) is 12.1 Å². The van der Waals surface area contributed by atoms with Crippen LogP contribution in [-0.2, 0) is 11.8 Å². The predicted octanol–water partition coefficient (Wildman–Crippen LogP) is 2.76. The summed E-state index contributed by atoms with van der Waals surface area (Å²) in [5.74, 6) is 2.40. The SMILES string of the molecule is CC1CC1c1cc(NC(=O)Nc2cc(C3CCCO3)nn2C)n[nH]1. The molecular formula is C16H22N6O2. The van der Waals surface area contributed by atoms with E-state index in [1.165, 1.54) is 6.42 Å². The lowest BCUT2D eigenvalue weighted by Gasteiger charge is -2.04. The number of aromatic amines is 1. The molecule has 8 heteroatoms. The Morgan fingerprint density at radius 3 is 2.96 bits per heavy atom. The van der Waals surface area contributed by atoms with Crippen molar-refractivity contribution < 1.29 is 9.53 Å². The number of ether oxygens (including phenoxy) is 1. The zero-order valence-corrected chi connectivity index (χ0v) is 13.9. The van der Waals surface area contributed by atoms with Crippen molar-refractivity contribution in [3.63, 3.8) is 0 Å². The lowest BCUT2D eigenvalue weighted by molar-refractivity contribution is 0.108. The molecule has 0 bridgehead atoms. The van der Waals surface area contributed by atoms with E-state index in [9.17, 15) is 4.79 Å². The zero-order valence-electron chi connectivity index (χ0n) is 13.9. The maximum Gasteiger partial charge on any atom is 0.326 e. The molecule has 0 aromatic carbocycles. The molecule has 0 spiro atoms. The number of carbonyl (C=O) groups excluding carboxylic acids is 1. The normalized spacial score (nSPS) is 25.7. The lowest BCUT2D eigenvalue weighted by Crippen LogP contribution is -2.21. The molecule has 2 aromatic heterocycles. The second kappa shape index (κ2) is 5.94. The summed E-state index contributed by atoms with van der Waals surface area (Å²) in [6.45, 7) is 2.98. The van der Waals surface area contributed by atoms with Crippen LogP contribution >= 0.6 is 0 Å². The number of rotatable bonds is 4. The molecule has 1 saturated heterocycles. The predicted molar refractivity (Wildman–Crippen MR) is 88.9 cm³/mol. The van der Waals surface area contributed by atoms with Crippen LogP contribution in [0.3, 0.4) is 0 Å². The van der Waals surface area contributed by atoms with Gasteiger partial charge in [-0.15, -0.1) is 0 Å². The second-order valence-corrected chi connectivity index (χ2v) is 6.69. The summed E-state index contributed by atoms with van der Waals surface area (Å²) in [6.07, 6.45) is 3.22. The molecule has 1 saturated carbocycles. The van der Waals surface area contributed by atoms with Crippen molar-refractivity contribution in [2.75, 3.05) is 17.2 Å². The van der Waals surface area contributed by atoms with Crippen LogP contribution in [0.5, 0.6) is 0 Å². The van der Waals surface area contributed by atoms with Gasteiger partial charge in [0.15, 0.2) is 5.82 Å². The minimum absolute atomic E-state index is 0.0317. The summed E-state index contributed by atoms with van der Waals surface area (Å²) in [5.41, 5.74) is 1.94. The first-order chi connectivity index (χ1) is 11.6. The third-order valence-electron chi connectivity index (χ3n) is 4.75. The van der Waals surface area contributed by atoms with Gasteiger partial charge in [-0.05, 0) is 25.2 Å². The van der Waals surface area contributed by atoms with Crippen LogP contribution in [-0.4, -0.2) is 32.6 Å². The van der Waals surface area contributed by atoms with Crippen LogP contribution < -0.4 is 10.6 Å². The molecule has 1 aliphatic heterocycles. The van der Waals surface area contributed by atoms with Gasteiger partial charge in [-0.3, -0.25) is 20.4 Å². The van der Waals surface area contributed by atoms with E-state index >= 15 is 0 Å². The van der Waals surface area contributed by atoms with Gasteiger partial charge in [0.05, 0.1) is 5.69 Å². The van der Waals surface area contributed by atoms with Gasteiger partial charge in [-0.2, -0.15) is 10.2 Å². The summed E-state index contributed by atoms with van der Waals surface area (Å²) < 4.78 is 7.28. The van der Waals surface area contributed by atoms with Crippen molar-refractivity contribution in [2.24, 2.45) is 13.0 Å². The number of urea groups is 1. The first-order valence-electron chi connectivity index (χ1n) is 8.39. The number of carbonyl (C=O) groups is 1. The average Bonchev–Trinajstić information content (AvgIpc) is 2.99. The summed E-state index contributed by atoms with van der Waals surface area (Å²) >= 11 is 0. The van der Waals surface area contributed by atoms with Crippen molar-refractivity contribution in [1.29, 1.82) is 0 Å². The lowest BCUT2D eigenvalue weighted by atomic mass is 10.2. The quantitative estimate of drug-likeness (QED) is 0.803. The summed E-state index contributed by atoms with van der Waals surface area (Å²) in [5, 5.41) is 17.1. The van der Waals surface area contributed by atoms with Gasteiger partial charge in [-0.1, -0.05) is 6.92 Å². The smallest absolute Gasteiger partial charge is 0.326 e. The van der Waals surface area contributed by atoms with Crippen LogP contribution in [0.15, 0.2) is 12.1 Å². The van der Waals surface area contributed by atoms with E-state index in [0.29, 0.717) is 23.5 Å². The average molecular weight is 330 g/mol. The number of H-pyrrole nitrogens is 1. The Hall–Kier alpha value is -2.35. The van der Waals surface area contributed by atoms with Gasteiger partial charge in [0, 0.05) is 37.4 Å². The minimum Gasteiger partial charge on any atom is -0.372 e. The number of nitrogens with one attached hydrogen (secondary N) is 3. The molecule has 3 atom stereocenters. The minimum atomic E-state index is -0.334. The highest BCUT2D eigenvalue weighted by atomic mass is 16.5. The van der Waals surface area contributed by atoms with Crippen molar-refractivity contribution in [1.82, 2.24) is 20.0 Å². The number of nitrogens with zero attached hydrogens (tertiary/aromatic N) is 3. The van der Waals surface area contributed by atoms with Crippen molar-refractivity contribution in [3.05, 3.63) is 23.5 Å². The number of aryl methyl sites for hydroxylation is 1. The molecule has 4 rings (SSSR count). The molecule has 0 radical (unpaired) electrons. The molecular weight excluding hydrogens is 308 g/mol. The number of anilines is 2. The Morgan fingerprint density at radius 1 is 1.42 bits per heavy atom. The molecule has 3 N–H and O–H groups in total. The Kier molecular flexibility index (Phi) is 3.76. The number of hydrogen-bond donors (Lipinski definition) is 3. The highest BCUT2D eigenvalue weighted by Crippen LogP contribution is 2.46. The van der Waals surface area contributed by atoms with Gasteiger partial charge in [0.2, 0.25) is 0 Å². The number of hydrogen-bond acceptors (Lipinski definition) is 4. The topological polar surface area (TPSA) is 96.9 Å². The van der Waals surface area contributed by atoms with Crippen LogP contribution in [0.1, 0.15) is 49.6 Å². The first-order valence-corrected chi connectivity index (χ1v) is 8.39. The summed E-state index contributed by atoms with van der Waals surface area (Å²) in [6, 6.07) is 3.42. The van der Waals surface area contributed by atoms with E-state index in [1.54, 1.807) is 11.7 Å². The fraction of sp³-hybridized carbons (Fsp3) is 0.562. The fourth-order valence-corrected chi connectivity index (χ4v) is 3.18. The monoisotopic (exact) mass is 330 g/mol. The summed E-state index contributed by atoms with van der Waals surface area (Å²) in [4.78, 5) is 12.2. The van der Waals surface area contributed by atoms with Gasteiger partial charge in [0.1, 0.15) is 11.9 Å². The van der Waals surface area contributed by atoms with Crippen LogP contribution in [0.2, 0.25) is 0 Å².